The number of hydrogen-bond acceptors (Lipinski definition) is 3. The molecule has 6 heteroatoms. The van der Waals surface area contributed by atoms with Crippen molar-refractivity contribution in [1.82, 2.24) is 5.43 Å². The summed E-state index contributed by atoms with van der Waals surface area (Å²) in [5.41, 5.74) is 3.38. The third kappa shape index (κ3) is 3.39. The van der Waals surface area contributed by atoms with Crippen molar-refractivity contribution in [2.75, 3.05) is 0 Å². The molecular formula is C13H13BrF2N2S. The number of halogens is 3. The largest absolute Gasteiger partial charge is 0.271 e. The van der Waals surface area contributed by atoms with Crippen LogP contribution in [0.4, 0.5) is 8.78 Å². The molecule has 1 atom stereocenters. The molecule has 1 unspecified atom stereocenters. The predicted molar refractivity (Wildman–Crippen MR) is 76.9 cm³/mol. The molecule has 2 nitrogen and oxygen atoms in total. The minimum absolute atomic E-state index is 0.380. The molecule has 2 rings (SSSR count). The first-order valence-corrected chi connectivity index (χ1v) is 7.28. The predicted octanol–water partition coefficient (Wildman–Crippen LogP) is 3.84. The van der Waals surface area contributed by atoms with Crippen molar-refractivity contribution < 1.29 is 8.78 Å². The first-order chi connectivity index (χ1) is 9.01. The first-order valence-electron chi connectivity index (χ1n) is 5.67. The van der Waals surface area contributed by atoms with Crippen molar-refractivity contribution in [3.05, 3.63) is 55.7 Å². The molecule has 1 aromatic carbocycles. The Bertz CT molecular complexity index is 586. The highest BCUT2D eigenvalue weighted by atomic mass is 79.9. The summed E-state index contributed by atoms with van der Waals surface area (Å²) in [6.07, 6.45) is 0.550. The average molecular weight is 347 g/mol. The molecule has 0 aliphatic heterocycles. The first kappa shape index (κ1) is 14.6. The average Bonchev–Trinajstić information content (AvgIpc) is 2.77. The number of nitrogens with two attached hydrogens (primary N) is 1. The molecule has 0 radical (unpaired) electrons. The van der Waals surface area contributed by atoms with Crippen LogP contribution in [-0.4, -0.2) is 0 Å². The summed E-state index contributed by atoms with van der Waals surface area (Å²) in [6.45, 7) is 1.60. The second-order valence-electron chi connectivity index (χ2n) is 4.25. The zero-order chi connectivity index (χ0) is 14.0. The van der Waals surface area contributed by atoms with Crippen molar-refractivity contribution in [3.63, 3.8) is 0 Å². The molecule has 0 saturated heterocycles. The smallest absolute Gasteiger partial charge is 0.130 e. The van der Waals surface area contributed by atoms with Crippen LogP contribution in [0.5, 0.6) is 0 Å². The van der Waals surface area contributed by atoms with E-state index in [1.807, 2.05) is 12.1 Å². The molecule has 0 saturated carbocycles. The maximum Gasteiger partial charge on any atom is 0.130 e. The van der Waals surface area contributed by atoms with Crippen LogP contribution < -0.4 is 11.3 Å². The number of nitrogens with one attached hydrogen (secondary N) is 1. The van der Waals surface area contributed by atoms with Crippen molar-refractivity contribution in [2.45, 2.75) is 19.4 Å². The van der Waals surface area contributed by atoms with Crippen molar-refractivity contribution in [2.24, 2.45) is 5.84 Å². The lowest BCUT2D eigenvalue weighted by molar-refractivity contribution is 0.502. The third-order valence-electron chi connectivity index (χ3n) is 2.89. The maximum atomic E-state index is 13.8. The zero-order valence-electron chi connectivity index (χ0n) is 10.2. The molecule has 0 bridgehead atoms. The van der Waals surface area contributed by atoms with E-state index in [4.69, 9.17) is 5.84 Å². The monoisotopic (exact) mass is 346 g/mol. The van der Waals surface area contributed by atoms with E-state index in [1.54, 1.807) is 18.3 Å². The molecule has 1 heterocycles. The van der Waals surface area contributed by atoms with Crippen molar-refractivity contribution in [3.8, 4) is 0 Å². The molecule has 0 aliphatic rings. The number of aryl methyl sites for hydroxylation is 1. The van der Waals surface area contributed by atoms with Crippen LogP contribution in [0.25, 0.3) is 0 Å². The van der Waals surface area contributed by atoms with Crippen molar-refractivity contribution in [1.29, 1.82) is 0 Å². The fourth-order valence-corrected chi connectivity index (χ4v) is 3.40. The Labute approximate surface area is 122 Å². The number of rotatable bonds is 4. The molecule has 19 heavy (non-hydrogen) atoms. The standard InChI is InChI=1S/C13H13BrF2N2S/c1-7-4-9(11(16)6-10(7)15)12(18-17)5-8-2-3-13(14)19-8/h2-4,6,12,18H,5,17H2,1H3. The SMILES string of the molecule is Cc1cc(C(Cc2ccc(Br)s2)NN)c(F)cc1F. The van der Waals surface area contributed by atoms with Gasteiger partial charge in [0.1, 0.15) is 11.6 Å². The van der Waals surface area contributed by atoms with Crippen LogP contribution in [0, 0.1) is 18.6 Å². The van der Waals surface area contributed by atoms with Gasteiger partial charge in [-0.25, -0.2) is 8.78 Å². The van der Waals surface area contributed by atoms with Gasteiger partial charge in [0.15, 0.2) is 0 Å². The van der Waals surface area contributed by atoms with Gasteiger partial charge in [-0.05, 0) is 46.6 Å². The third-order valence-corrected chi connectivity index (χ3v) is 4.53. The Hall–Kier alpha value is -0.820. The van der Waals surface area contributed by atoms with E-state index in [-0.39, 0.29) is 6.04 Å². The second-order valence-corrected chi connectivity index (χ2v) is 6.80. The lowest BCUT2D eigenvalue weighted by Gasteiger charge is -2.17. The molecule has 0 fully saturated rings. The molecule has 0 aliphatic carbocycles. The van der Waals surface area contributed by atoms with Gasteiger partial charge in [-0.2, -0.15) is 0 Å². The summed E-state index contributed by atoms with van der Waals surface area (Å²) in [7, 11) is 0. The Morgan fingerprint density at radius 1 is 1.32 bits per heavy atom. The topological polar surface area (TPSA) is 38.0 Å². The minimum atomic E-state index is -0.582. The summed E-state index contributed by atoms with van der Waals surface area (Å²) in [6, 6.07) is 5.90. The van der Waals surface area contributed by atoms with Gasteiger partial charge in [0.05, 0.1) is 9.83 Å². The van der Waals surface area contributed by atoms with E-state index < -0.39 is 11.6 Å². The molecule has 102 valence electrons. The van der Waals surface area contributed by atoms with Crippen LogP contribution in [0.2, 0.25) is 0 Å². The molecular weight excluding hydrogens is 334 g/mol. The normalized spacial score (nSPS) is 12.7. The fraction of sp³-hybridized carbons (Fsp3) is 0.231. The van der Waals surface area contributed by atoms with E-state index in [1.165, 1.54) is 6.07 Å². The highest BCUT2D eigenvalue weighted by Gasteiger charge is 2.18. The molecule has 2 aromatic rings. The van der Waals surface area contributed by atoms with Crippen LogP contribution in [-0.2, 0) is 6.42 Å². The van der Waals surface area contributed by atoms with Gasteiger partial charge in [-0.3, -0.25) is 11.3 Å². The van der Waals surface area contributed by atoms with Crippen LogP contribution in [0.1, 0.15) is 22.0 Å². The number of hydrazine groups is 1. The van der Waals surface area contributed by atoms with Gasteiger partial charge < -0.3 is 0 Å². The molecule has 0 spiro atoms. The minimum Gasteiger partial charge on any atom is -0.271 e. The van der Waals surface area contributed by atoms with Gasteiger partial charge in [-0.1, -0.05) is 0 Å². The Morgan fingerprint density at radius 2 is 2.05 bits per heavy atom. The lowest BCUT2D eigenvalue weighted by atomic mass is 10.0. The summed E-state index contributed by atoms with van der Waals surface area (Å²) in [5, 5.41) is 0. The maximum absolute atomic E-state index is 13.8. The summed E-state index contributed by atoms with van der Waals surface area (Å²) in [4.78, 5) is 1.07. The van der Waals surface area contributed by atoms with Gasteiger partial charge >= 0.3 is 0 Å². The van der Waals surface area contributed by atoms with E-state index in [9.17, 15) is 8.78 Å². The van der Waals surface area contributed by atoms with E-state index in [2.05, 4.69) is 21.4 Å². The number of benzene rings is 1. The number of hydrogen-bond donors (Lipinski definition) is 2. The lowest BCUT2D eigenvalue weighted by Crippen LogP contribution is -2.30. The number of thiophene rings is 1. The van der Waals surface area contributed by atoms with Gasteiger partial charge in [0.25, 0.3) is 0 Å². The van der Waals surface area contributed by atoms with E-state index in [0.29, 0.717) is 17.5 Å². The van der Waals surface area contributed by atoms with Crippen LogP contribution in [0.15, 0.2) is 28.1 Å². The quantitative estimate of drug-likeness (QED) is 0.651. The van der Waals surface area contributed by atoms with Crippen LogP contribution >= 0.6 is 27.3 Å². The highest BCUT2D eigenvalue weighted by molar-refractivity contribution is 9.11. The summed E-state index contributed by atoms with van der Waals surface area (Å²) < 4.78 is 28.1. The molecule has 3 N–H and O–H groups in total. The van der Waals surface area contributed by atoms with E-state index >= 15 is 0 Å². The Kier molecular flexibility index (Phi) is 4.67. The van der Waals surface area contributed by atoms with Crippen LogP contribution in [0.3, 0.4) is 0 Å². The summed E-state index contributed by atoms with van der Waals surface area (Å²) in [5.74, 6) is 4.37. The van der Waals surface area contributed by atoms with Gasteiger partial charge in [0, 0.05) is 22.9 Å². The second kappa shape index (κ2) is 6.09. The summed E-state index contributed by atoms with van der Waals surface area (Å²) >= 11 is 4.94. The highest BCUT2D eigenvalue weighted by Crippen LogP contribution is 2.28. The Morgan fingerprint density at radius 3 is 2.63 bits per heavy atom. The van der Waals surface area contributed by atoms with Gasteiger partial charge in [0.2, 0.25) is 0 Å². The fourth-order valence-electron chi connectivity index (χ4n) is 1.87. The van der Waals surface area contributed by atoms with E-state index in [0.717, 1.165) is 14.7 Å². The van der Waals surface area contributed by atoms with Crippen molar-refractivity contribution >= 4 is 27.3 Å². The Balaban J connectivity index is 2.29. The van der Waals surface area contributed by atoms with Gasteiger partial charge in [-0.15, -0.1) is 11.3 Å². The molecule has 1 aromatic heterocycles. The molecule has 0 amide bonds. The zero-order valence-corrected chi connectivity index (χ0v) is 12.6.